The smallest absolute Gasteiger partial charge is 0.174 e. The monoisotopic (exact) mass is 228 g/mol. The van der Waals surface area contributed by atoms with Gasteiger partial charge in [-0.2, -0.15) is 5.10 Å². The number of nitrogens with zero attached hydrogens (tertiary/aromatic N) is 4. The third-order valence-electron chi connectivity index (χ3n) is 1.64. The normalized spacial score (nSPS) is 10.5. The molecule has 0 spiro atoms. The molecule has 0 bridgehead atoms. The molecule has 0 N–H and O–H groups in total. The molecular weight excluding hydrogens is 223 g/mol. The van der Waals surface area contributed by atoms with Crippen molar-refractivity contribution in [1.29, 1.82) is 0 Å². The fourth-order valence-corrected chi connectivity index (χ4v) is 1.17. The van der Waals surface area contributed by atoms with Crippen LogP contribution in [0.15, 0.2) is 18.3 Å². The lowest BCUT2D eigenvalue weighted by atomic mass is 10.5. The summed E-state index contributed by atoms with van der Waals surface area (Å²) in [7, 11) is 0. The number of pyridine rings is 1. The Kier molecular flexibility index (Phi) is 2.39. The number of aromatic nitrogens is 4. The zero-order valence-electron chi connectivity index (χ0n) is 7.28. The first-order valence-electron chi connectivity index (χ1n) is 3.88. The summed E-state index contributed by atoms with van der Waals surface area (Å²) in [5.74, 6) is 0.587. The maximum absolute atomic E-state index is 5.76. The highest BCUT2D eigenvalue weighted by molar-refractivity contribution is 6.30. The fourth-order valence-electron chi connectivity index (χ4n) is 0.950. The standard InChI is InChI=1S/C8H6Cl2N4/c1-5-8(10)13-14(12-5)7-3-2-6(9)4-11-7/h2-4H,1H3. The van der Waals surface area contributed by atoms with Crippen LogP contribution in [0.3, 0.4) is 0 Å². The molecule has 0 saturated heterocycles. The average molecular weight is 229 g/mol. The number of aryl methyl sites for hydroxylation is 1. The van der Waals surface area contributed by atoms with E-state index in [4.69, 9.17) is 23.2 Å². The molecule has 2 aromatic rings. The van der Waals surface area contributed by atoms with Crippen molar-refractivity contribution in [2.45, 2.75) is 6.92 Å². The van der Waals surface area contributed by atoms with Gasteiger partial charge in [0.05, 0.1) is 10.7 Å². The van der Waals surface area contributed by atoms with Gasteiger partial charge in [-0.25, -0.2) is 4.98 Å². The Hall–Kier alpha value is -1.13. The SMILES string of the molecule is Cc1nn(-c2ccc(Cl)cn2)nc1Cl. The van der Waals surface area contributed by atoms with E-state index in [2.05, 4.69) is 15.2 Å². The molecule has 72 valence electrons. The Balaban J connectivity index is 2.44. The van der Waals surface area contributed by atoms with Gasteiger partial charge in [-0.05, 0) is 19.1 Å². The van der Waals surface area contributed by atoms with E-state index in [1.165, 1.54) is 11.0 Å². The lowest BCUT2D eigenvalue weighted by Gasteiger charge is -1.96. The van der Waals surface area contributed by atoms with Crippen LogP contribution in [-0.2, 0) is 0 Å². The maximum atomic E-state index is 5.76. The van der Waals surface area contributed by atoms with E-state index < -0.39 is 0 Å². The van der Waals surface area contributed by atoms with Crippen LogP contribution in [0.1, 0.15) is 5.69 Å². The van der Waals surface area contributed by atoms with Crippen molar-refractivity contribution in [2.24, 2.45) is 0 Å². The van der Waals surface area contributed by atoms with Gasteiger partial charge in [0, 0.05) is 6.20 Å². The highest BCUT2D eigenvalue weighted by atomic mass is 35.5. The average Bonchev–Trinajstić information content (AvgIpc) is 2.48. The Morgan fingerprint density at radius 1 is 1.21 bits per heavy atom. The van der Waals surface area contributed by atoms with E-state index >= 15 is 0 Å². The molecule has 0 amide bonds. The molecule has 6 heteroatoms. The van der Waals surface area contributed by atoms with Crippen molar-refractivity contribution in [3.8, 4) is 5.82 Å². The van der Waals surface area contributed by atoms with E-state index in [1.54, 1.807) is 19.1 Å². The molecule has 2 rings (SSSR count). The minimum Gasteiger partial charge on any atom is -0.234 e. The molecule has 0 radical (unpaired) electrons. The predicted molar refractivity (Wildman–Crippen MR) is 53.9 cm³/mol. The van der Waals surface area contributed by atoms with Crippen molar-refractivity contribution < 1.29 is 0 Å². The van der Waals surface area contributed by atoms with Crippen LogP contribution >= 0.6 is 23.2 Å². The molecule has 0 fully saturated rings. The van der Waals surface area contributed by atoms with E-state index in [-0.39, 0.29) is 0 Å². The summed E-state index contributed by atoms with van der Waals surface area (Å²) in [6.45, 7) is 1.78. The second-order valence-corrected chi connectivity index (χ2v) is 3.49. The van der Waals surface area contributed by atoms with E-state index in [1.807, 2.05) is 0 Å². The lowest BCUT2D eigenvalue weighted by molar-refractivity contribution is 0.724. The molecule has 0 aliphatic carbocycles. The molecule has 0 aliphatic heterocycles. The van der Waals surface area contributed by atoms with Gasteiger partial charge in [0.15, 0.2) is 11.0 Å². The Bertz CT molecular complexity index is 429. The second-order valence-electron chi connectivity index (χ2n) is 2.70. The summed E-state index contributed by atoms with van der Waals surface area (Å²) < 4.78 is 0. The molecular formula is C8H6Cl2N4. The Labute approximate surface area is 90.5 Å². The Morgan fingerprint density at radius 3 is 2.50 bits per heavy atom. The van der Waals surface area contributed by atoms with E-state index in [9.17, 15) is 0 Å². The van der Waals surface area contributed by atoms with Crippen LogP contribution in [0.4, 0.5) is 0 Å². The molecule has 0 aromatic carbocycles. The van der Waals surface area contributed by atoms with Crippen LogP contribution in [0.2, 0.25) is 10.2 Å². The van der Waals surface area contributed by atoms with Gasteiger partial charge in [-0.15, -0.1) is 9.90 Å². The number of hydrogen-bond donors (Lipinski definition) is 0. The molecule has 0 unspecified atom stereocenters. The van der Waals surface area contributed by atoms with Gasteiger partial charge in [-0.1, -0.05) is 23.2 Å². The first-order chi connectivity index (χ1) is 6.66. The van der Waals surface area contributed by atoms with Gasteiger partial charge in [0.2, 0.25) is 0 Å². The number of hydrogen-bond acceptors (Lipinski definition) is 3. The summed E-state index contributed by atoms with van der Waals surface area (Å²) in [5, 5.41) is 9.00. The highest BCUT2D eigenvalue weighted by Crippen LogP contribution is 2.12. The van der Waals surface area contributed by atoms with Crippen LogP contribution < -0.4 is 0 Å². The van der Waals surface area contributed by atoms with Crippen LogP contribution in [0, 0.1) is 6.92 Å². The van der Waals surface area contributed by atoms with Gasteiger partial charge < -0.3 is 0 Å². The summed E-state index contributed by atoms with van der Waals surface area (Å²) in [4.78, 5) is 5.42. The largest absolute Gasteiger partial charge is 0.234 e. The summed E-state index contributed by atoms with van der Waals surface area (Å²) in [6, 6.07) is 3.44. The molecule has 2 aromatic heterocycles. The molecule has 0 aliphatic rings. The first-order valence-corrected chi connectivity index (χ1v) is 4.64. The van der Waals surface area contributed by atoms with E-state index in [0.29, 0.717) is 21.7 Å². The third-order valence-corrected chi connectivity index (χ3v) is 2.22. The first kappa shape index (κ1) is 9.43. The predicted octanol–water partition coefficient (Wildman–Crippen LogP) is 2.28. The van der Waals surface area contributed by atoms with Crippen molar-refractivity contribution in [3.63, 3.8) is 0 Å². The van der Waals surface area contributed by atoms with Crippen molar-refractivity contribution in [3.05, 3.63) is 34.2 Å². The van der Waals surface area contributed by atoms with E-state index in [0.717, 1.165) is 0 Å². The zero-order chi connectivity index (χ0) is 10.1. The van der Waals surface area contributed by atoms with Gasteiger partial charge >= 0.3 is 0 Å². The van der Waals surface area contributed by atoms with Gasteiger partial charge in [0.1, 0.15) is 0 Å². The summed E-state index contributed by atoms with van der Waals surface area (Å²) in [6.07, 6.45) is 1.53. The quantitative estimate of drug-likeness (QED) is 0.753. The fraction of sp³-hybridized carbons (Fsp3) is 0.125. The number of halogens is 2. The molecule has 0 atom stereocenters. The second kappa shape index (κ2) is 3.55. The van der Waals surface area contributed by atoms with Crippen molar-refractivity contribution in [1.82, 2.24) is 20.0 Å². The molecule has 2 heterocycles. The maximum Gasteiger partial charge on any atom is 0.174 e. The van der Waals surface area contributed by atoms with Gasteiger partial charge in [-0.3, -0.25) is 0 Å². The van der Waals surface area contributed by atoms with Crippen molar-refractivity contribution >= 4 is 23.2 Å². The minimum atomic E-state index is 0.377. The third kappa shape index (κ3) is 1.71. The topological polar surface area (TPSA) is 43.6 Å². The molecule has 14 heavy (non-hydrogen) atoms. The molecule has 0 saturated carbocycles. The number of rotatable bonds is 1. The summed E-state index contributed by atoms with van der Waals surface area (Å²) in [5.41, 5.74) is 0.670. The highest BCUT2D eigenvalue weighted by Gasteiger charge is 2.05. The molecule has 4 nitrogen and oxygen atoms in total. The lowest BCUT2D eigenvalue weighted by Crippen LogP contribution is -2.00. The van der Waals surface area contributed by atoms with Crippen molar-refractivity contribution in [2.75, 3.05) is 0 Å². The summed E-state index contributed by atoms with van der Waals surface area (Å²) >= 11 is 11.5. The van der Waals surface area contributed by atoms with Gasteiger partial charge in [0.25, 0.3) is 0 Å². The Morgan fingerprint density at radius 2 is 2.00 bits per heavy atom. The minimum absolute atomic E-state index is 0.377. The zero-order valence-corrected chi connectivity index (χ0v) is 8.79. The van der Waals surface area contributed by atoms with Crippen LogP contribution in [0.5, 0.6) is 0 Å². The van der Waals surface area contributed by atoms with Crippen LogP contribution in [-0.4, -0.2) is 20.0 Å². The van der Waals surface area contributed by atoms with Crippen LogP contribution in [0.25, 0.3) is 5.82 Å².